The number of nitrogens with zero attached hydrogens (tertiary/aromatic N) is 3. The van der Waals surface area contributed by atoms with Gasteiger partial charge in [-0.3, -0.25) is 4.79 Å². The minimum Gasteiger partial charge on any atom is -0.393 e. The summed E-state index contributed by atoms with van der Waals surface area (Å²) in [5, 5.41) is 0. The first-order valence-electron chi connectivity index (χ1n) is 5.81. The zero-order valence-corrected chi connectivity index (χ0v) is 12.1. The molecule has 1 aromatic heterocycles. The summed E-state index contributed by atoms with van der Waals surface area (Å²) in [6, 6.07) is 0. The summed E-state index contributed by atoms with van der Waals surface area (Å²) in [5.41, 5.74) is 5.09. The van der Waals surface area contributed by atoms with Gasteiger partial charge in [-0.05, 0) is 20.8 Å². The Labute approximate surface area is 113 Å². The normalized spacial score (nSPS) is 11.3. The predicted molar refractivity (Wildman–Crippen MR) is 78.2 cm³/mol. The average molecular weight is 268 g/mol. The number of anilines is 1. The highest BCUT2D eigenvalue weighted by Crippen LogP contribution is 2.11. The number of rotatable bonds is 4. The van der Waals surface area contributed by atoms with Crippen LogP contribution < -0.4 is 16.2 Å². The van der Waals surface area contributed by atoms with Crippen molar-refractivity contribution < 1.29 is 0 Å². The smallest absolute Gasteiger partial charge is 0.293 e. The molecule has 0 aromatic carbocycles. The third kappa shape index (κ3) is 3.53. The second-order valence-electron chi connectivity index (χ2n) is 5.23. The van der Waals surface area contributed by atoms with Crippen LogP contribution in [-0.2, 0) is 5.54 Å². The Morgan fingerprint density at radius 2 is 2.17 bits per heavy atom. The largest absolute Gasteiger partial charge is 0.393 e. The van der Waals surface area contributed by atoms with Gasteiger partial charge in [0.1, 0.15) is 0 Å². The van der Waals surface area contributed by atoms with Gasteiger partial charge in [0.15, 0.2) is 5.82 Å². The van der Waals surface area contributed by atoms with E-state index in [1.807, 2.05) is 27.8 Å². The van der Waals surface area contributed by atoms with Gasteiger partial charge in [-0.25, -0.2) is 4.98 Å². The first kappa shape index (κ1) is 14.6. The van der Waals surface area contributed by atoms with Crippen molar-refractivity contribution in [1.29, 1.82) is 0 Å². The molecule has 18 heavy (non-hydrogen) atoms. The van der Waals surface area contributed by atoms with Gasteiger partial charge in [-0.15, -0.1) is 0 Å². The molecule has 2 N–H and O–H groups in total. The highest BCUT2D eigenvalue weighted by atomic mass is 32.1. The number of nitrogens with two attached hydrogens (primary N) is 1. The van der Waals surface area contributed by atoms with E-state index in [2.05, 4.69) is 4.98 Å². The second kappa shape index (κ2) is 5.48. The van der Waals surface area contributed by atoms with E-state index in [0.29, 0.717) is 23.8 Å². The number of hydrogen-bond acceptors (Lipinski definition) is 4. The summed E-state index contributed by atoms with van der Waals surface area (Å²) < 4.78 is 1.67. The standard InChI is InChI=1S/C12H20N4OS/c1-12(2,3)16-8-6-14-10(11(16)17)15(4)7-5-9(13)18/h6,8H,5,7H2,1-4H3,(H2,13,18). The Morgan fingerprint density at radius 1 is 1.56 bits per heavy atom. The van der Waals surface area contributed by atoms with Gasteiger partial charge in [0, 0.05) is 37.9 Å². The average Bonchev–Trinajstić information content (AvgIpc) is 2.24. The van der Waals surface area contributed by atoms with Gasteiger partial charge >= 0.3 is 0 Å². The molecule has 6 heteroatoms. The Hall–Kier alpha value is -1.43. The Morgan fingerprint density at radius 3 is 2.67 bits per heavy atom. The Balaban J connectivity index is 3.04. The van der Waals surface area contributed by atoms with Gasteiger partial charge in [-0.2, -0.15) is 0 Å². The lowest BCUT2D eigenvalue weighted by Crippen LogP contribution is -2.38. The quantitative estimate of drug-likeness (QED) is 0.829. The lowest BCUT2D eigenvalue weighted by molar-refractivity contribution is 0.382. The zero-order valence-electron chi connectivity index (χ0n) is 11.3. The number of thiocarbonyl (C=S) groups is 1. The molecule has 100 valence electrons. The van der Waals surface area contributed by atoms with Crippen LogP contribution in [0.4, 0.5) is 5.82 Å². The van der Waals surface area contributed by atoms with Crippen LogP contribution in [0, 0.1) is 0 Å². The predicted octanol–water partition coefficient (Wildman–Crippen LogP) is 1.11. The minimum atomic E-state index is -0.265. The molecule has 1 aromatic rings. The van der Waals surface area contributed by atoms with E-state index < -0.39 is 0 Å². The van der Waals surface area contributed by atoms with Gasteiger partial charge < -0.3 is 15.2 Å². The number of aromatic nitrogens is 2. The molecule has 0 unspecified atom stereocenters. The van der Waals surface area contributed by atoms with E-state index in [1.54, 1.807) is 21.9 Å². The molecule has 1 rings (SSSR count). The summed E-state index contributed by atoms with van der Waals surface area (Å²) in [6.45, 7) is 6.53. The molecule has 0 bridgehead atoms. The molecule has 0 spiro atoms. The lowest BCUT2D eigenvalue weighted by atomic mass is 10.1. The van der Waals surface area contributed by atoms with Crippen LogP contribution in [0.15, 0.2) is 17.2 Å². The fraction of sp³-hybridized carbons (Fsp3) is 0.583. The van der Waals surface area contributed by atoms with E-state index >= 15 is 0 Å². The van der Waals surface area contributed by atoms with Crippen LogP contribution in [0.25, 0.3) is 0 Å². The maximum absolute atomic E-state index is 12.3. The van der Waals surface area contributed by atoms with E-state index in [4.69, 9.17) is 18.0 Å². The van der Waals surface area contributed by atoms with Crippen LogP contribution in [0.3, 0.4) is 0 Å². The van der Waals surface area contributed by atoms with Crippen LogP contribution in [-0.4, -0.2) is 28.1 Å². The van der Waals surface area contributed by atoms with E-state index in [9.17, 15) is 4.79 Å². The summed E-state index contributed by atoms with van der Waals surface area (Å²) in [7, 11) is 1.81. The van der Waals surface area contributed by atoms with Crippen LogP contribution in [0.5, 0.6) is 0 Å². The van der Waals surface area contributed by atoms with Crippen molar-refractivity contribution in [2.75, 3.05) is 18.5 Å². The summed E-state index contributed by atoms with van der Waals surface area (Å²) in [6.07, 6.45) is 3.91. The topological polar surface area (TPSA) is 64.2 Å². The maximum Gasteiger partial charge on any atom is 0.293 e. The number of hydrogen-bond donors (Lipinski definition) is 1. The molecular weight excluding hydrogens is 248 g/mol. The fourth-order valence-electron chi connectivity index (χ4n) is 1.58. The summed E-state index contributed by atoms with van der Waals surface area (Å²) >= 11 is 4.83. The third-order valence-electron chi connectivity index (χ3n) is 2.60. The highest BCUT2D eigenvalue weighted by Gasteiger charge is 2.18. The zero-order chi connectivity index (χ0) is 13.9. The maximum atomic E-state index is 12.3. The molecule has 0 fully saturated rings. The molecule has 0 aliphatic carbocycles. The second-order valence-corrected chi connectivity index (χ2v) is 5.76. The van der Waals surface area contributed by atoms with Crippen molar-refractivity contribution in [2.24, 2.45) is 5.73 Å². The molecule has 0 atom stereocenters. The van der Waals surface area contributed by atoms with Crippen LogP contribution in [0.2, 0.25) is 0 Å². The molecular formula is C12H20N4OS. The van der Waals surface area contributed by atoms with Crippen molar-refractivity contribution in [2.45, 2.75) is 32.7 Å². The fourth-order valence-corrected chi connectivity index (χ4v) is 1.67. The van der Waals surface area contributed by atoms with Crippen LogP contribution >= 0.6 is 12.2 Å². The Kier molecular flexibility index (Phi) is 4.45. The molecule has 0 amide bonds. The molecule has 1 heterocycles. The van der Waals surface area contributed by atoms with E-state index in [1.165, 1.54) is 0 Å². The van der Waals surface area contributed by atoms with Crippen molar-refractivity contribution >= 4 is 23.0 Å². The minimum absolute atomic E-state index is 0.101. The van der Waals surface area contributed by atoms with Gasteiger partial charge in [0.05, 0.1) is 4.99 Å². The SMILES string of the molecule is CN(CCC(N)=S)c1nccn(C(C)(C)C)c1=O. The van der Waals surface area contributed by atoms with Crippen molar-refractivity contribution in [3.63, 3.8) is 0 Å². The van der Waals surface area contributed by atoms with E-state index in [-0.39, 0.29) is 11.1 Å². The summed E-state index contributed by atoms with van der Waals surface area (Å²) in [5.74, 6) is 0.420. The van der Waals surface area contributed by atoms with Crippen molar-refractivity contribution in [1.82, 2.24) is 9.55 Å². The molecule has 0 saturated heterocycles. The summed E-state index contributed by atoms with van der Waals surface area (Å²) in [4.78, 5) is 18.7. The van der Waals surface area contributed by atoms with Crippen molar-refractivity contribution in [3.8, 4) is 0 Å². The monoisotopic (exact) mass is 268 g/mol. The van der Waals surface area contributed by atoms with Gasteiger partial charge in [0.2, 0.25) is 0 Å². The molecule has 0 aliphatic heterocycles. The first-order chi connectivity index (χ1) is 8.23. The molecule has 5 nitrogen and oxygen atoms in total. The molecule has 0 saturated carbocycles. The van der Waals surface area contributed by atoms with E-state index in [0.717, 1.165) is 0 Å². The Bertz CT molecular complexity index is 490. The first-order valence-corrected chi connectivity index (χ1v) is 6.22. The van der Waals surface area contributed by atoms with Gasteiger partial charge in [0.25, 0.3) is 5.56 Å². The van der Waals surface area contributed by atoms with Crippen molar-refractivity contribution in [3.05, 3.63) is 22.7 Å². The van der Waals surface area contributed by atoms with Gasteiger partial charge in [-0.1, -0.05) is 12.2 Å². The third-order valence-corrected chi connectivity index (χ3v) is 2.80. The van der Waals surface area contributed by atoms with Crippen LogP contribution in [0.1, 0.15) is 27.2 Å². The highest BCUT2D eigenvalue weighted by molar-refractivity contribution is 7.80. The molecule has 0 radical (unpaired) electrons. The lowest BCUT2D eigenvalue weighted by Gasteiger charge is -2.24. The molecule has 0 aliphatic rings.